The van der Waals surface area contributed by atoms with Crippen LogP contribution in [0.1, 0.15) is 18.9 Å². The van der Waals surface area contributed by atoms with Crippen molar-refractivity contribution >= 4 is 27.4 Å². The maximum absolute atomic E-state index is 13.2. The summed E-state index contributed by atoms with van der Waals surface area (Å²) in [7, 11) is 0. The molecule has 0 saturated heterocycles. The first kappa shape index (κ1) is 12.8. The molecule has 16 heavy (non-hydrogen) atoms. The smallest absolute Gasteiger partial charge is 0.274 e. The van der Waals surface area contributed by atoms with Gasteiger partial charge in [0.05, 0.1) is 9.40 Å². The molecule has 0 unspecified atom stereocenters. The number of nitro benzene ring substituents is 1. The molecule has 0 spiro atoms. The Kier molecular flexibility index (Phi) is 4.12. The van der Waals surface area contributed by atoms with E-state index in [1.165, 1.54) is 0 Å². The topological polar surface area (TPSA) is 60.2 Å². The average molecular weight is 290 g/mol. The highest BCUT2D eigenvalue weighted by molar-refractivity contribution is 9.10. The van der Waals surface area contributed by atoms with Crippen molar-refractivity contribution in [3.8, 4) is 0 Å². The zero-order valence-corrected chi connectivity index (χ0v) is 10.1. The fourth-order valence-corrected chi connectivity index (χ4v) is 1.56. The van der Waals surface area contributed by atoms with Crippen LogP contribution in [0.25, 0.3) is 0 Å². The van der Waals surface area contributed by atoms with Crippen LogP contribution in [0, 0.1) is 15.9 Å². The summed E-state index contributed by atoms with van der Waals surface area (Å²) in [5.41, 5.74) is -0.132. The first-order chi connectivity index (χ1) is 7.45. The van der Waals surface area contributed by atoms with Gasteiger partial charge in [0.1, 0.15) is 11.6 Å². The van der Waals surface area contributed by atoms with Crippen molar-refractivity contribution in [1.82, 2.24) is 0 Å². The summed E-state index contributed by atoms with van der Waals surface area (Å²) in [4.78, 5) is 21.3. The molecule has 0 aliphatic carbocycles. The number of Topliss-reactive ketones (excluding diaryl/α,β-unsaturated/α-hetero) is 1. The lowest BCUT2D eigenvalue weighted by molar-refractivity contribution is -0.385. The summed E-state index contributed by atoms with van der Waals surface area (Å²) in [6.07, 6.45) is 0.159. The molecule has 0 aromatic heterocycles. The van der Waals surface area contributed by atoms with E-state index in [0.717, 1.165) is 12.1 Å². The molecule has 0 radical (unpaired) electrons. The maximum atomic E-state index is 13.2. The minimum absolute atomic E-state index is 0.0203. The van der Waals surface area contributed by atoms with Crippen LogP contribution in [0.4, 0.5) is 10.1 Å². The van der Waals surface area contributed by atoms with Crippen LogP contribution in [-0.2, 0) is 11.2 Å². The van der Waals surface area contributed by atoms with Gasteiger partial charge in [-0.1, -0.05) is 6.92 Å². The van der Waals surface area contributed by atoms with E-state index in [2.05, 4.69) is 15.9 Å². The Hall–Kier alpha value is -1.30. The Bertz CT molecular complexity index is 448. The third-order valence-electron chi connectivity index (χ3n) is 2.10. The number of hydrogen-bond donors (Lipinski definition) is 0. The van der Waals surface area contributed by atoms with Crippen molar-refractivity contribution in [2.24, 2.45) is 0 Å². The molecule has 1 aromatic rings. The van der Waals surface area contributed by atoms with Crippen LogP contribution in [0.15, 0.2) is 16.6 Å². The van der Waals surface area contributed by atoms with Gasteiger partial charge in [0.2, 0.25) is 0 Å². The van der Waals surface area contributed by atoms with Crippen LogP contribution in [0.3, 0.4) is 0 Å². The minimum Gasteiger partial charge on any atom is -0.299 e. The van der Waals surface area contributed by atoms with Crippen LogP contribution >= 0.6 is 15.9 Å². The molecule has 0 atom stereocenters. The molecule has 0 fully saturated rings. The second-order valence-electron chi connectivity index (χ2n) is 3.22. The van der Waals surface area contributed by atoms with Crippen molar-refractivity contribution in [2.45, 2.75) is 19.8 Å². The standard InChI is InChI=1S/C10H9BrFNO3/c1-2-7(14)3-6-4-9(12)8(11)5-10(6)13(15)16/h4-5H,2-3H2,1H3. The maximum Gasteiger partial charge on any atom is 0.274 e. The molecular formula is C10H9BrFNO3. The zero-order chi connectivity index (χ0) is 12.3. The third kappa shape index (κ3) is 2.85. The van der Waals surface area contributed by atoms with Gasteiger partial charge in [0.25, 0.3) is 5.69 Å². The number of rotatable bonds is 4. The van der Waals surface area contributed by atoms with Gasteiger partial charge in [0, 0.05) is 24.5 Å². The van der Waals surface area contributed by atoms with Crippen molar-refractivity contribution in [3.05, 3.63) is 38.1 Å². The Morgan fingerprint density at radius 2 is 2.19 bits per heavy atom. The molecule has 86 valence electrons. The molecule has 0 saturated carbocycles. The molecular weight excluding hydrogens is 281 g/mol. The first-order valence-electron chi connectivity index (χ1n) is 4.59. The SMILES string of the molecule is CCC(=O)Cc1cc(F)c(Br)cc1[N+](=O)[O-]. The summed E-state index contributed by atoms with van der Waals surface area (Å²) >= 11 is 2.87. The van der Waals surface area contributed by atoms with Crippen LogP contribution in [-0.4, -0.2) is 10.7 Å². The van der Waals surface area contributed by atoms with E-state index in [9.17, 15) is 19.3 Å². The van der Waals surface area contributed by atoms with Crippen LogP contribution in [0.2, 0.25) is 0 Å². The monoisotopic (exact) mass is 289 g/mol. The van der Waals surface area contributed by atoms with Gasteiger partial charge in [-0.3, -0.25) is 14.9 Å². The summed E-state index contributed by atoms with van der Waals surface area (Å²) in [5, 5.41) is 10.7. The van der Waals surface area contributed by atoms with E-state index in [-0.39, 0.29) is 34.3 Å². The average Bonchev–Trinajstić information content (AvgIpc) is 2.22. The van der Waals surface area contributed by atoms with Gasteiger partial charge in [-0.15, -0.1) is 0 Å². The predicted molar refractivity (Wildman–Crippen MR) is 59.8 cm³/mol. The largest absolute Gasteiger partial charge is 0.299 e. The number of carbonyl (C=O) groups excluding carboxylic acids is 1. The Labute approximate surface area is 99.7 Å². The van der Waals surface area contributed by atoms with Gasteiger partial charge in [-0.25, -0.2) is 4.39 Å². The highest BCUT2D eigenvalue weighted by Gasteiger charge is 2.18. The predicted octanol–water partition coefficient (Wildman–Crippen LogP) is 3.02. The van der Waals surface area contributed by atoms with Gasteiger partial charge in [0.15, 0.2) is 0 Å². The Morgan fingerprint density at radius 3 is 2.69 bits per heavy atom. The number of nitro groups is 1. The summed E-state index contributed by atoms with van der Waals surface area (Å²) in [6, 6.07) is 2.10. The summed E-state index contributed by atoms with van der Waals surface area (Å²) in [5.74, 6) is -0.769. The number of nitrogens with zero attached hydrogens (tertiary/aromatic N) is 1. The fraction of sp³-hybridized carbons (Fsp3) is 0.300. The normalized spacial score (nSPS) is 10.2. The lowest BCUT2D eigenvalue weighted by Gasteiger charge is -2.03. The van der Waals surface area contributed by atoms with Gasteiger partial charge < -0.3 is 0 Å². The summed E-state index contributed by atoms with van der Waals surface area (Å²) in [6.45, 7) is 1.66. The first-order valence-corrected chi connectivity index (χ1v) is 5.39. The minimum atomic E-state index is -0.623. The Balaban J connectivity index is 3.19. The van der Waals surface area contributed by atoms with Crippen LogP contribution in [0.5, 0.6) is 0 Å². The van der Waals surface area contributed by atoms with Crippen molar-refractivity contribution < 1.29 is 14.1 Å². The van der Waals surface area contributed by atoms with E-state index in [0.29, 0.717) is 0 Å². The third-order valence-corrected chi connectivity index (χ3v) is 2.71. The Morgan fingerprint density at radius 1 is 1.56 bits per heavy atom. The van der Waals surface area contributed by atoms with E-state index >= 15 is 0 Å². The molecule has 1 rings (SSSR count). The van der Waals surface area contributed by atoms with Gasteiger partial charge >= 0.3 is 0 Å². The van der Waals surface area contributed by atoms with E-state index in [1.807, 2.05) is 0 Å². The fourth-order valence-electron chi connectivity index (χ4n) is 1.23. The molecule has 4 nitrogen and oxygen atoms in total. The quantitative estimate of drug-likeness (QED) is 0.632. The van der Waals surface area contributed by atoms with E-state index in [4.69, 9.17) is 0 Å². The van der Waals surface area contributed by atoms with E-state index in [1.54, 1.807) is 6.92 Å². The second kappa shape index (κ2) is 5.16. The molecule has 0 N–H and O–H groups in total. The van der Waals surface area contributed by atoms with Crippen LogP contribution < -0.4 is 0 Å². The van der Waals surface area contributed by atoms with Gasteiger partial charge in [-0.2, -0.15) is 0 Å². The lowest BCUT2D eigenvalue weighted by Crippen LogP contribution is -2.04. The highest BCUT2D eigenvalue weighted by Crippen LogP contribution is 2.27. The molecule has 0 heterocycles. The van der Waals surface area contributed by atoms with Crippen molar-refractivity contribution in [2.75, 3.05) is 0 Å². The molecule has 0 aliphatic heterocycles. The number of halogens is 2. The molecule has 0 amide bonds. The zero-order valence-electron chi connectivity index (χ0n) is 8.50. The molecule has 1 aromatic carbocycles. The molecule has 0 aliphatic rings. The van der Waals surface area contributed by atoms with E-state index < -0.39 is 10.7 Å². The number of ketones is 1. The number of hydrogen-bond acceptors (Lipinski definition) is 3. The highest BCUT2D eigenvalue weighted by atomic mass is 79.9. The molecule has 0 bridgehead atoms. The second-order valence-corrected chi connectivity index (χ2v) is 4.08. The lowest BCUT2D eigenvalue weighted by atomic mass is 10.1. The summed E-state index contributed by atoms with van der Waals surface area (Å²) < 4.78 is 13.2. The number of carbonyl (C=O) groups is 1. The van der Waals surface area contributed by atoms with Crippen molar-refractivity contribution in [1.29, 1.82) is 0 Å². The number of benzene rings is 1. The van der Waals surface area contributed by atoms with Gasteiger partial charge in [-0.05, 0) is 22.0 Å². The molecule has 6 heteroatoms. The van der Waals surface area contributed by atoms with Crippen molar-refractivity contribution in [3.63, 3.8) is 0 Å².